The van der Waals surface area contributed by atoms with E-state index in [0.717, 1.165) is 31.0 Å². The molecular weight excluding hydrogens is 341 g/mol. The van der Waals surface area contributed by atoms with E-state index in [1.165, 1.54) is 0 Å². The largest absolute Gasteiger partial charge is 0.326 e. The van der Waals surface area contributed by atoms with Crippen molar-refractivity contribution in [3.8, 4) is 0 Å². The minimum absolute atomic E-state index is 0. The van der Waals surface area contributed by atoms with Gasteiger partial charge in [-0.25, -0.2) is 13.1 Å². The molecule has 1 aromatic rings. The van der Waals surface area contributed by atoms with Crippen molar-refractivity contribution in [2.24, 2.45) is 11.7 Å². The second-order valence-electron chi connectivity index (χ2n) is 4.73. The molecule has 0 radical (unpaired) electrons. The molecule has 1 aliphatic carbocycles. The van der Waals surface area contributed by atoms with Gasteiger partial charge in [-0.05, 0) is 24.8 Å². The van der Waals surface area contributed by atoms with Crippen molar-refractivity contribution in [1.29, 1.82) is 0 Å². The van der Waals surface area contributed by atoms with E-state index in [1.54, 1.807) is 0 Å². The third-order valence-electron chi connectivity index (χ3n) is 3.15. The molecule has 0 spiro atoms. The number of nitrogens with one attached hydrogen (secondary N) is 1. The molecule has 7 nitrogen and oxygen atoms in total. The number of nitro groups is 1. The lowest BCUT2D eigenvalue weighted by atomic mass is 10.2. The summed E-state index contributed by atoms with van der Waals surface area (Å²) in [5.74, 6) is 0.366. The molecule has 1 fully saturated rings. The summed E-state index contributed by atoms with van der Waals surface area (Å²) in [6.07, 6.45) is 2.03. The van der Waals surface area contributed by atoms with Crippen LogP contribution >= 0.6 is 24.0 Å². The number of rotatable bonds is 6. The summed E-state index contributed by atoms with van der Waals surface area (Å²) in [6, 6.07) is 3.01. The highest BCUT2D eigenvalue weighted by Crippen LogP contribution is 2.31. The highest BCUT2D eigenvalue weighted by atomic mass is 35.5. The van der Waals surface area contributed by atoms with E-state index in [9.17, 15) is 18.5 Å². The number of nitrogens with zero attached hydrogens (tertiary/aromatic N) is 1. The van der Waals surface area contributed by atoms with E-state index in [4.69, 9.17) is 17.3 Å². The first kappa shape index (κ1) is 18.1. The maximum Gasteiger partial charge on any atom is 0.271 e. The van der Waals surface area contributed by atoms with E-state index in [1.807, 2.05) is 0 Å². The van der Waals surface area contributed by atoms with Crippen LogP contribution in [0.4, 0.5) is 5.69 Å². The molecule has 0 heterocycles. The summed E-state index contributed by atoms with van der Waals surface area (Å²) in [6.45, 7) is 0.125. The molecule has 0 amide bonds. The van der Waals surface area contributed by atoms with Crippen LogP contribution in [0.1, 0.15) is 12.8 Å². The molecule has 0 aliphatic heterocycles. The fourth-order valence-electron chi connectivity index (χ4n) is 1.80. The van der Waals surface area contributed by atoms with E-state index < -0.39 is 14.9 Å². The number of hydrogen-bond donors (Lipinski definition) is 2. The van der Waals surface area contributed by atoms with Gasteiger partial charge in [-0.3, -0.25) is 10.1 Å². The Balaban J connectivity index is 0.00000220. The van der Waals surface area contributed by atoms with Gasteiger partial charge in [0, 0.05) is 24.7 Å². The van der Waals surface area contributed by atoms with Crippen molar-refractivity contribution in [1.82, 2.24) is 4.72 Å². The van der Waals surface area contributed by atoms with Crippen molar-refractivity contribution < 1.29 is 13.3 Å². The van der Waals surface area contributed by atoms with Gasteiger partial charge in [0.2, 0.25) is 10.0 Å². The van der Waals surface area contributed by atoms with Crippen LogP contribution in [0.2, 0.25) is 5.02 Å². The third kappa shape index (κ3) is 4.52. The van der Waals surface area contributed by atoms with Crippen LogP contribution in [0, 0.1) is 16.0 Å². The van der Waals surface area contributed by atoms with Gasteiger partial charge in [-0.15, -0.1) is 12.4 Å². The molecule has 0 saturated heterocycles. The maximum absolute atomic E-state index is 12.1. The number of sulfonamides is 1. The Morgan fingerprint density at radius 1 is 1.48 bits per heavy atom. The fraction of sp³-hybridized carbons (Fsp3) is 0.455. The molecule has 21 heavy (non-hydrogen) atoms. The lowest BCUT2D eigenvalue weighted by Gasteiger charge is -2.12. The standard InChI is InChI=1S/C11H14ClN3O4S.ClH/c12-9-5-8(15(16)17)3-4-11(9)20(18,19)14-6-10(13)7-1-2-7;/h3-5,7,10,14H,1-2,6,13H2;1H. The van der Waals surface area contributed by atoms with Crippen LogP contribution in [0.5, 0.6) is 0 Å². The average molecular weight is 356 g/mol. The molecule has 118 valence electrons. The first-order valence-electron chi connectivity index (χ1n) is 6.00. The molecule has 1 atom stereocenters. The summed E-state index contributed by atoms with van der Waals surface area (Å²) < 4.78 is 26.5. The molecule has 0 aromatic heterocycles. The lowest BCUT2D eigenvalue weighted by molar-refractivity contribution is -0.384. The highest BCUT2D eigenvalue weighted by Gasteiger charge is 2.30. The van der Waals surface area contributed by atoms with Crippen molar-refractivity contribution in [3.63, 3.8) is 0 Å². The Hall–Kier alpha value is -0.930. The predicted octanol–water partition coefficient (Wildman–Crippen LogP) is 1.69. The Morgan fingerprint density at radius 2 is 2.10 bits per heavy atom. The molecule has 10 heteroatoms. The van der Waals surface area contributed by atoms with Crippen LogP contribution in [-0.4, -0.2) is 25.9 Å². The monoisotopic (exact) mass is 355 g/mol. The first-order valence-corrected chi connectivity index (χ1v) is 7.86. The fourth-order valence-corrected chi connectivity index (χ4v) is 3.41. The summed E-state index contributed by atoms with van der Waals surface area (Å²) in [5, 5.41) is 10.4. The predicted molar refractivity (Wildman–Crippen MR) is 81.2 cm³/mol. The van der Waals surface area contributed by atoms with Gasteiger partial charge in [-0.2, -0.15) is 0 Å². The number of nitro benzene ring substituents is 1. The number of benzene rings is 1. The summed E-state index contributed by atoms with van der Waals surface area (Å²) in [5.41, 5.74) is 5.56. The first-order chi connectivity index (χ1) is 9.31. The Labute approximate surface area is 133 Å². The van der Waals surface area contributed by atoms with Gasteiger partial charge in [0.1, 0.15) is 4.90 Å². The minimum atomic E-state index is -3.82. The maximum atomic E-state index is 12.1. The number of nitrogens with two attached hydrogens (primary N) is 1. The zero-order chi connectivity index (χ0) is 14.9. The van der Waals surface area contributed by atoms with Crippen LogP contribution < -0.4 is 10.5 Å². The molecular formula is C11H15Cl2N3O4S. The highest BCUT2D eigenvalue weighted by molar-refractivity contribution is 7.89. The molecule has 1 unspecified atom stereocenters. The third-order valence-corrected chi connectivity index (χ3v) is 5.06. The Morgan fingerprint density at radius 3 is 2.57 bits per heavy atom. The molecule has 3 N–H and O–H groups in total. The summed E-state index contributed by atoms with van der Waals surface area (Å²) in [4.78, 5) is 9.75. The van der Waals surface area contributed by atoms with Crippen molar-refractivity contribution in [3.05, 3.63) is 33.3 Å². The molecule has 1 aliphatic rings. The Bertz CT molecular complexity index is 634. The second kappa shape index (κ2) is 6.89. The zero-order valence-electron chi connectivity index (χ0n) is 10.9. The van der Waals surface area contributed by atoms with E-state index in [-0.39, 0.29) is 40.6 Å². The van der Waals surface area contributed by atoms with Crippen LogP contribution in [-0.2, 0) is 10.0 Å². The van der Waals surface area contributed by atoms with E-state index in [2.05, 4.69) is 4.72 Å². The normalized spacial score (nSPS) is 16.1. The van der Waals surface area contributed by atoms with Crippen LogP contribution in [0.25, 0.3) is 0 Å². The second-order valence-corrected chi connectivity index (χ2v) is 6.87. The number of halogens is 2. The van der Waals surface area contributed by atoms with Gasteiger partial charge in [-0.1, -0.05) is 11.6 Å². The lowest BCUT2D eigenvalue weighted by Crippen LogP contribution is -2.38. The van der Waals surface area contributed by atoms with Crippen LogP contribution in [0.3, 0.4) is 0 Å². The SMILES string of the molecule is Cl.NC(CNS(=O)(=O)c1ccc([N+](=O)[O-])cc1Cl)C1CC1. The zero-order valence-corrected chi connectivity index (χ0v) is 13.2. The summed E-state index contributed by atoms with van der Waals surface area (Å²) >= 11 is 5.79. The average Bonchev–Trinajstić information content (AvgIpc) is 3.19. The topological polar surface area (TPSA) is 115 Å². The van der Waals surface area contributed by atoms with Crippen molar-refractivity contribution >= 4 is 39.7 Å². The van der Waals surface area contributed by atoms with Gasteiger partial charge in [0.15, 0.2) is 0 Å². The summed E-state index contributed by atoms with van der Waals surface area (Å²) in [7, 11) is -3.82. The van der Waals surface area contributed by atoms with Crippen molar-refractivity contribution in [2.45, 2.75) is 23.8 Å². The van der Waals surface area contributed by atoms with Crippen molar-refractivity contribution in [2.75, 3.05) is 6.54 Å². The minimum Gasteiger partial charge on any atom is -0.326 e. The van der Waals surface area contributed by atoms with Gasteiger partial charge in [0.05, 0.1) is 9.95 Å². The number of hydrogen-bond acceptors (Lipinski definition) is 5. The molecule has 0 bridgehead atoms. The molecule has 1 saturated carbocycles. The number of non-ortho nitro benzene ring substituents is 1. The smallest absolute Gasteiger partial charge is 0.271 e. The van der Waals surface area contributed by atoms with Gasteiger partial charge < -0.3 is 5.73 Å². The quantitative estimate of drug-likeness (QED) is 0.594. The van der Waals surface area contributed by atoms with Crippen LogP contribution in [0.15, 0.2) is 23.1 Å². The molecule has 1 aromatic carbocycles. The molecule has 2 rings (SSSR count). The van der Waals surface area contributed by atoms with E-state index >= 15 is 0 Å². The van der Waals surface area contributed by atoms with E-state index in [0.29, 0.717) is 5.92 Å². The van der Waals surface area contributed by atoms with Gasteiger partial charge >= 0.3 is 0 Å². The Kier molecular flexibility index (Phi) is 5.94. The van der Waals surface area contributed by atoms with Gasteiger partial charge in [0.25, 0.3) is 5.69 Å².